The summed E-state index contributed by atoms with van der Waals surface area (Å²) in [4.78, 5) is 28.5. The fourth-order valence-corrected chi connectivity index (χ4v) is 4.26. The monoisotopic (exact) mass is 567 g/mol. The van der Waals surface area contributed by atoms with Crippen molar-refractivity contribution in [3.63, 3.8) is 0 Å². The molecule has 0 spiro atoms. The Bertz CT molecular complexity index is 825. The number of halogens is 4. The summed E-state index contributed by atoms with van der Waals surface area (Å²) in [6.07, 6.45) is 0.184. The first-order valence-corrected chi connectivity index (χ1v) is 10.5. The van der Waals surface area contributed by atoms with Crippen molar-refractivity contribution in [3.8, 4) is 0 Å². The lowest BCUT2D eigenvalue weighted by atomic mass is 9.69. The van der Waals surface area contributed by atoms with Crippen LogP contribution in [0.15, 0.2) is 29.3 Å². The Morgan fingerprint density at radius 1 is 1.19 bits per heavy atom. The largest absolute Gasteiger partial charge is 0.416 e. The van der Waals surface area contributed by atoms with E-state index in [-0.39, 0.29) is 43.0 Å². The van der Waals surface area contributed by atoms with Crippen LogP contribution in [0.1, 0.15) is 43.2 Å². The van der Waals surface area contributed by atoms with Crippen molar-refractivity contribution < 1.29 is 22.8 Å². The number of hydrogen-bond donors (Lipinski definition) is 3. The van der Waals surface area contributed by atoms with Gasteiger partial charge in [-0.15, -0.1) is 24.0 Å². The van der Waals surface area contributed by atoms with Crippen molar-refractivity contribution in [3.05, 3.63) is 35.4 Å². The van der Waals surface area contributed by atoms with Crippen LogP contribution in [-0.2, 0) is 16.4 Å². The fraction of sp³-hybridized carbons (Fsp3) is 0.571. The highest BCUT2D eigenvalue weighted by Gasteiger charge is 2.37. The zero-order valence-electron chi connectivity index (χ0n) is 17.9. The standard InChI is InChI=1S/C21H28F3N5O2.HI/c1-25-18(26-10-11-29-17(30)13-27-19(29)31)28-14-20(8-3-2-4-9-20)15-6-5-7-16(12-15)21(22,23)24;/h5-7,12H,2-4,8-11,13-14H2,1H3,(H,27,31)(H2,25,26,28);1H. The Balaban J connectivity index is 0.00000363. The zero-order valence-corrected chi connectivity index (χ0v) is 20.3. The smallest absolute Gasteiger partial charge is 0.356 e. The van der Waals surface area contributed by atoms with E-state index in [9.17, 15) is 22.8 Å². The maximum absolute atomic E-state index is 13.2. The molecule has 1 aliphatic carbocycles. The fourth-order valence-electron chi connectivity index (χ4n) is 4.26. The number of benzene rings is 1. The van der Waals surface area contributed by atoms with Gasteiger partial charge in [0.05, 0.1) is 12.1 Å². The summed E-state index contributed by atoms with van der Waals surface area (Å²) in [5, 5.41) is 8.77. The van der Waals surface area contributed by atoms with Gasteiger partial charge in [-0.3, -0.25) is 14.7 Å². The van der Waals surface area contributed by atoms with Gasteiger partial charge in [0.25, 0.3) is 0 Å². The molecule has 1 saturated carbocycles. The molecule has 0 unspecified atom stereocenters. The minimum atomic E-state index is -4.38. The normalized spacial score (nSPS) is 18.8. The van der Waals surface area contributed by atoms with Crippen molar-refractivity contribution in [2.45, 2.75) is 43.7 Å². The highest BCUT2D eigenvalue weighted by atomic mass is 127. The molecule has 1 aromatic carbocycles. The summed E-state index contributed by atoms with van der Waals surface area (Å²) >= 11 is 0. The lowest BCUT2D eigenvalue weighted by Crippen LogP contribution is -2.48. The topological polar surface area (TPSA) is 85.8 Å². The van der Waals surface area contributed by atoms with Crippen LogP contribution in [0.3, 0.4) is 0 Å². The number of rotatable bonds is 6. The lowest BCUT2D eigenvalue weighted by molar-refractivity contribution is -0.137. The van der Waals surface area contributed by atoms with E-state index in [4.69, 9.17) is 0 Å². The summed E-state index contributed by atoms with van der Waals surface area (Å²) in [6, 6.07) is 5.20. The molecule has 0 aromatic heterocycles. The minimum absolute atomic E-state index is 0. The first-order chi connectivity index (χ1) is 14.7. The molecule has 3 amide bonds. The van der Waals surface area contributed by atoms with Gasteiger partial charge in [-0.1, -0.05) is 37.5 Å². The van der Waals surface area contributed by atoms with Crippen LogP contribution in [0.4, 0.5) is 18.0 Å². The number of nitrogens with zero attached hydrogens (tertiary/aromatic N) is 2. The Labute approximate surface area is 202 Å². The summed E-state index contributed by atoms with van der Waals surface area (Å²) in [5.74, 6) is 0.199. The number of imide groups is 1. The molecule has 0 radical (unpaired) electrons. The summed E-state index contributed by atoms with van der Waals surface area (Å²) in [5.41, 5.74) is -0.364. The molecule has 7 nitrogen and oxygen atoms in total. The van der Waals surface area contributed by atoms with Crippen LogP contribution in [-0.4, -0.2) is 56.0 Å². The quantitative estimate of drug-likeness (QED) is 0.213. The number of carbonyl (C=O) groups excluding carboxylic acids is 2. The van der Waals surface area contributed by atoms with Crippen molar-refractivity contribution in [1.82, 2.24) is 20.9 Å². The highest BCUT2D eigenvalue weighted by Crippen LogP contribution is 2.41. The Kier molecular flexibility index (Phi) is 9.17. The third-order valence-electron chi connectivity index (χ3n) is 6.00. The second kappa shape index (κ2) is 11.2. The number of carbonyl (C=O) groups is 2. The predicted molar refractivity (Wildman–Crippen MR) is 126 cm³/mol. The van der Waals surface area contributed by atoms with E-state index in [2.05, 4.69) is 20.9 Å². The maximum atomic E-state index is 13.2. The summed E-state index contributed by atoms with van der Waals surface area (Å²) in [7, 11) is 1.60. The molecule has 2 aliphatic rings. The van der Waals surface area contributed by atoms with Gasteiger partial charge in [0.1, 0.15) is 0 Å². The average molecular weight is 567 g/mol. The number of urea groups is 1. The van der Waals surface area contributed by atoms with Crippen LogP contribution in [0.5, 0.6) is 0 Å². The lowest BCUT2D eigenvalue weighted by Gasteiger charge is -2.38. The summed E-state index contributed by atoms with van der Waals surface area (Å²) < 4.78 is 39.7. The van der Waals surface area contributed by atoms with Crippen molar-refractivity contribution in [2.24, 2.45) is 4.99 Å². The molecule has 3 N–H and O–H groups in total. The van der Waals surface area contributed by atoms with Gasteiger partial charge in [0.2, 0.25) is 5.91 Å². The van der Waals surface area contributed by atoms with Crippen molar-refractivity contribution in [1.29, 1.82) is 0 Å². The van der Waals surface area contributed by atoms with Gasteiger partial charge in [-0.2, -0.15) is 13.2 Å². The number of amides is 3. The third kappa shape index (κ3) is 6.26. The molecule has 0 atom stereocenters. The van der Waals surface area contributed by atoms with Gasteiger partial charge >= 0.3 is 12.2 Å². The first kappa shape index (κ1) is 26.2. The van der Waals surface area contributed by atoms with Crippen molar-refractivity contribution >= 4 is 41.9 Å². The molecule has 1 heterocycles. The molecule has 1 aromatic rings. The van der Waals surface area contributed by atoms with Gasteiger partial charge in [0.15, 0.2) is 5.96 Å². The predicted octanol–water partition coefficient (Wildman–Crippen LogP) is 3.24. The van der Waals surface area contributed by atoms with Crippen LogP contribution in [0.2, 0.25) is 0 Å². The first-order valence-electron chi connectivity index (χ1n) is 10.5. The van der Waals surface area contributed by atoms with Crippen LogP contribution < -0.4 is 16.0 Å². The van der Waals surface area contributed by atoms with E-state index >= 15 is 0 Å². The molecule has 2 fully saturated rings. The molecule has 11 heteroatoms. The number of nitrogens with one attached hydrogen (secondary N) is 3. The molecule has 0 bridgehead atoms. The second-order valence-corrected chi connectivity index (χ2v) is 7.98. The molecule has 32 heavy (non-hydrogen) atoms. The van der Waals surface area contributed by atoms with Crippen LogP contribution in [0.25, 0.3) is 0 Å². The summed E-state index contributed by atoms with van der Waals surface area (Å²) in [6.45, 7) is 0.960. The molecule has 3 rings (SSSR count). The van der Waals surface area contributed by atoms with Gasteiger partial charge in [-0.25, -0.2) is 4.79 Å². The van der Waals surface area contributed by atoms with E-state index in [1.54, 1.807) is 13.1 Å². The molecular formula is C21H29F3IN5O2. The van der Waals surface area contributed by atoms with Crippen molar-refractivity contribution in [2.75, 3.05) is 33.2 Å². The van der Waals surface area contributed by atoms with Crippen LogP contribution >= 0.6 is 24.0 Å². The molecular weight excluding hydrogens is 538 g/mol. The number of aliphatic imine (C=N–C) groups is 1. The molecule has 1 saturated heterocycles. The zero-order chi connectivity index (χ0) is 22.5. The maximum Gasteiger partial charge on any atom is 0.416 e. The van der Waals surface area contributed by atoms with Gasteiger partial charge in [0, 0.05) is 32.1 Å². The molecule has 178 valence electrons. The molecule has 1 aliphatic heterocycles. The van der Waals surface area contributed by atoms with Gasteiger partial charge < -0.3 is 16.0 Å². The number of guanidine groups is 1. The highest BCUT2D eigenvalue weighted by molar-refractivity contribution is 14.0. The van der Waals surface area contributed by atoms with E-state index in [1.165, 1.54) is 12.1 Å². The van der Waals surface area contributed by atoms with E-state index in [0.717, 1.165) is 43.1 Å². The van der Waals surface area contributed by atoms with Crippen LogP contribution in [0, 0.1) is 0 Å². The van der Waals surface area contributed by atoms with E-state index in [0.29, 0.717) is 24.6 Å². The minimum Gasteiger partial charge on any atom is -0.356 e. The van der Waals surface area contributed by atoms with E-state index in [1.807, 2.05) is 0 Å². The SMILES string of the molecule is CN=C(NCCN1C(=O)CNC1=O)NCC1(c2cccc(C(F)(F)F)c2)CCCCC1.I. The number of hydrogen-bond acceptors (Lipinski definition) is 3. The second-order valence-electron chi connectivity index (χ2n) is 7.98. The van der Waals surface area contributed by atoms with E-state index < -0.39 is 23.2 Å². The number of alkyl halides is 3. The Morgan fingerprint density at radius 2 is 1.91 bits per heavy atom. The van der Waals surface area contributed by atoms with Gasteiger partial charge in [-0.05, 0) is 24.5 Å². The average Bonchev–Trinajstić information content (AvgIpc) is 3.08. The Morgan fingerprint density at radius 3 is 2.50 bits per heavy atom. The Hall–Kier alpha value is -2.05. The third-order valence-corrected chi connectivity index (χ3v) is 6.00.